The van der Waals surface area contributed by atoms with E-state index in [1.54, 1.807) is 6.07 Å². The SMILES string of the molecule is CC(C)c1nc2ccc(C(=O)CNC3CC3)cc2o1. The number of benzene rings is 1. The molecule has 0 aliphatic heterocycles. The molecule has 4 heteroatoms. The van der Waals surface area contributed by atoms with Gasteiger partial charge in [-0.05, 0) is 31.0 Å². The zero-order chi connectivity index (χ0) is 13.4. The number of carbonyl (C=O) groups excluding carboxylic acids is 1. The van der Waals surface area contributed by atoms with Crippen molar-refractivity contribution < 1.29 is 9.21 Å². The minimum atomic E-state index is 0.108. The van der Waals surface area contributed by atoms with E-state index in [4.69, 9.17) is 4.42 Å². The first-order valence-corrected chi connectivity index (χ1v) is 6.80. The van der Waals surface area contributed by atoms with Crippen LogP contribution >= 0.6 is 0 Å². The topological polar surface area (TPSA) is 55.1 Å². The number of nitrogens with zero attached hydrogens (tertiary/aromatic N) is 1. The highest BCUT2D eigenvalue weighted by Gasteiger charge is 2.21. The second-order valence-electron chi connectivity index (χ2n) is 5.47. The van der Waals surface area contributed by atoms with Gasteiger partial charge in [0.15, 0.2) is 17.3 Å². The molecule has 3 rings (SSSR count). The Balaban J connectivity index is 1.81. The number of Topliss-reactive ketones (excluding diaryl/α,β-unsaturated/α-hetero) is 1. The molecule has 1 aromatic heterocycles. The van der Waals surface area contributed by atoms with Crippen molar-refractivity contribution in [1.29, 1.82) is 0 Å². The van der Waals surface area contributed by atoms with Gasteiger partial charge in [0.05, 0.1) is 6.54 Å². The van der Waals surface area contributed by atoms with Gasteiger partial charge in [0.1, 0.15) is 5.52 Å². The van der Waals surface area contributed by atoms with Gasteiger partial charge in [-0.2, -0.15) is 0 Å². The van der Waals surface area contributed by atoms with Gasteiger partial charge in [-0.1, -0.05) is 13.8 Å². The smallest absolute Gasteiger partial charge is 0.198 e. The lowest BCUT2D eigenvalue weighted by Crippen LogP contribution is -2.24. The molecular formula is C15H18N2O2. The van der Waals surface area contributed by atoms with Gasteiger partial charge in [-0.15, -0.1) is 0 Å². The Morgan fingerprint density at radius 3 is 2.95 bits per heavy atom. The van der Waals surface area contributed by atoms with Crippen molar-refractivity contribution in [3.63, 3.8) is 0 Å². The second-order valence-corrected chi connectivity index (χ2v) is 5.47. The van der Waals surface area contributed by atoms with Crippen molar-refractivity contribution in [3.8, 4) is 0 Å². The fraction of sp³-hybridized carbons (Fsp3) is 0.467. The molecule has 1 fully saturated rings. The first-order valence-electron chi connectivity index (χ1n) is 6.80. The molecule has 19 heavy (non-hydrogen) atoms. The highest BCUT2D eigenvalue weighted by Crippen LogP contribution is 2.22. The Labute approximate surface area is 112 Å². The highest BCUT2D eigenvalue weighted by atomic mass is 16.3. The van der Waals surface area contributed by atoms with Gasteiger partial charge in [0, 0.05) is 17.5 Å². The second kappa shape index (κ2) is 4.78. The summed E-state index contributed by atoms with van der Waals surface area (Å²) in [5.74, 6) is 1.08. The Bertz CT molecular complexity index is 612. The van der Waals surface area contributed by atoms with Crippen molar-refractivity contribution in [2.45, 2.75) is 38.6 Å². The molecular weight excluding hydrogens is 240 g/mol. The summed E-state index contributed by atoms with van der Waals surface area (Å²) in [5.41, 5.74) is 2.20. The van der Waals surface area contributed by atoms with Crippen LogP contribution in [0, 0.1) is 0 Å². The summed E-state index contributed by atoms with van der Waals surface area (Å²) in [7, 11) is 0. The predicted molar refractivity (Wildman–Crippen MR) is 73.5 cm³/mol. The summed E-state index contributed by atoms with van der Waals surface area (Å²) >= 11 is 0. The van der Waals surface area contributed by atoms with E-state index in [-0.39, 0.29) is 11.7 Å². The minimum Gasteiger partial charge on any atom is -0.440 e. The number of aromatic nitrogens is 1. The number of hydrogen-bond donors (Lipinski definition) is 1. The Kier molecular flexibility index (Phi) is 3.11. The largest absolute Gasteiger partial charge is 0.440 e. The first kappa shape index (κ1) is 12.4. The quantitative estimate of drug-likeness (QED) is 0.838. The molecule has 0 saturated heterocycles. The molecule has 1 heterocycles. The maximum atomic E-state index is 12.0. The van der Waals surface area contributed by atoms with Crippen LogP contribution in [0.25, 0.3) is 11.1 Å². The summed E-state index contributed by atoms with van der Waals surface area (Å²) in [4.78, 5) is 16.4. The van der Waals surface area contributed by atoms with Gasteiger partial charge >= 0.3 is 0 Å². The minimum absolute atomic E-state index is 0.108. The molecule has 1 aromatic carbocycles. The number of nitrogens with one attached hydrogen (secondary N) is 1. The monoisotopic (exact) mass is 258 g/mol. The van der Waals surface area contributed by atoms with Gasteiger partial charge in [-0.3, -0.25) is 4.79 Å². The summed E-state index contributed by atoms with van der Waals surface area (Å²) in [6, 6.07) is 6.03. The van der Waals surface area contributed by atoms with Crippen molar-refractivity contribution in [3.05, 3.63) is 29.7 Å². The highest BCUT2D eigenvalue weighted by molar-refractivity contribution is 5.99. The normalized spacial score (nSPS) is 15.3. The fourth-order valence-electron chi connectivity index (χ4n) is 1.99. The molecule has 0 spiro atoms. The van der Waals surface area contributed by atoms with Crippen LogP contribution in [0.4, 0.5) is 0 Å². The van der Waals surface area contributed by atoms with E-state index in [1.807, 2.05) is 26.0 Å². The molecule has 1 saturated carbocycles. The lowest BCUT2D eigenvalue weighted by Gasteiger charge is -2.01. The van der Waals surface area contributed by atoms with Crippen LogP contribution in [-0.4, -0.2) is 23.4 Å². The van der Waals surface area contributed by atoms with Gasteiger partial charge in [0.2, 0.25) is 0 Å². The standard InChI is InChI=1S/C15H18N2O2/c1-9(2)15-17-12-6-3-10(7-14(12)19-15)13(18)8-16-11-4-5-11/h3,6-7,9,11,16H,4-5,8H2,1-2H3. The fourth-order valence-corrected chi connectivity index (χ4v) is 1.99. The molecule has 1 aliphatic carbocycles. The number of ketones is 1. The summed E-state index contributed by atoms with van der Waals surface area (Å²) in [5, 5.41) is 3.23. The summed E-state index contributed by atoms with van der Waals surface area (Å²) in [6.07, 6.45) is 2.37. The van der Waals surface area contributed by atoms with E-state index >= 15 is 0 Å². The Morgan fingerprint density at radius 2 is 2.26 bits per heavy atom. The van der Waals surface area contributed by atoms with Crippen molar-refractivity contribution in [1.82, 2.24) is 10.3 Å². The Morgan fingerprint density at radius 1 is 1.47 bits per heavy atom. The van der Waals surface area contributed by atoms with Crippen LogP contribution in [0.1, 0.15) is 48.9 Å². The maximum Gasteiger partial charge on any atom is 0.198 e. The van der Waals surface area contributed by atoms with Gasteiger partial charge in [0.25, 0.3) is 0 Å². The Hall–Kier alpha value is -1.68. The molecule has 0 atom stereocenters. The van der Waals surface area contributed by atoms with E-state index in [0.29, 0.717) is 23.7 Å². The van der Waals surface area contributed by atoms with E-state index in [1.165, 1.54) is 12.8 Å². The van der Waals surface area contributed by atoms with E-state index in [2.05, 4.69) is 10.3 Å². The number of carbonyl (C=O) groups is 1. The van der Waals surface area contributed by atoms with Crippen molar-refractivity contribution in [2.24, 2.45) is 0 Å². The molecule has 1 N–H and O–H groups in total. The van der Waals surface area contributed by atoms with Crippen LogP contribution in [0.2, 0.25) is 0 Å². The van der Waals surface area contributed by atoms with Crippen molar-refractivity contribution >= 4 is 16.9 Å². The molecule has 100 valence electrons. The number of fused-ring (bicyclic) bond motifs is 1. The molecule has 0 unspecified atom stereocenters. The van der Waals surface area contributed by atoms with Crippen LogP contribution in [0.3, 0.4) is 0 Å². The van der Waals surface area contributed by atoms with Crippen LogP contribution in [0.5, 0.6) is 0 Å². The lowest BCUT2D eigenvalue weighted by atomic mass is 10.1. The lowest BCUT2D eigenvalue weighted by molar-refractivity contribution is 0.0990. The third-order valence-electron chi connectivity index (χ3n) is 3.35. The zero-order valence-electron chi connectivity index (χ0n) is 11.3. The molecule has 0 bridgehead atoms. The summed E-state index contributed by atoms with van der Waals surface area (Å²) in [6.45, 7) is 4.48. The molecule has 0 radical (unpaired) electrons. The van der Waals surface area contributed by atoms with Crippen molar-refractivity contribution in [2.75, 3.05) is 6.54 Å². The van der Waals surface area contributed by atoms with E-state index in [0.717, 1.165) is 11.4 Å². The molecule has 0 amide bonds. The predicted octanol–water partition coefficient (Wildman–Crippen LogP) is 2.89. The van der Waals surface area contributed by atoms with Crippen LogP contribution < -0.4 is 5.32 Å². The van der Waals surface area contributed by atoms with Gasteiger partial charge < -0.3 is 9.73 Å². The van der Waals surface area contributed by atoms with E-state index < -0.39 is 0 Å². The average molecular weight is 258 g/mol. The number of rotatable bonds is 5. The number of hydrogen-bond acceptors (Lipinski definition) is 4. The van der Waals surface area contributed by atoms with Crippen LogP contribution in [0.15, 0.2) is 22.6 Å². The van der Waals surface area contributed by atoms with Gasteiger partial charge in [-0.25, -0.2) is 4.98 Å². The molecule has 4 nitrogen and oxygen atoms in total. The van der Waals surface area contributed by atoms with E-state index in [9.17, 15) is 4.79 Å². The first-order chi connectivity index (χ1) is 9.13. The molecule has 1 aliphatic rings. The zero-order valence-corrected chi connectivity index (χ0v) is 11.3. The number of oxazole rings is 1. The maximum absolute atomic E-state index is 12.0. The third kappa shape index (κ3) is 2.68. The summed E-state index contributed by atoms with van der Waals surface area (Å²) < 4.78 is 5.67. The average Bonchev–Trinajstić information content (AvgIpc) is 3.12. The third-order valence-corrected chi connectivity index (χ3v) is 3.35. The van der Waals surface area contributed by atoms with Crippen LogP contribution in [-0.2, 0) is 0 Å². The molecule has 2 aromatic rings.